The number of nitrogens with two attached hydrogens (primary N) is 1. The number of carboxylic acids is 2. The first kappa shape index (κ1) is 43.8. The molecule has 0 fully saturated rings. The molecule has 0 spiro atoms. The molecule has 194 valence electrons. The molecule has 1 atom stereocenters. The largest absolute Gasteiger partial charge is 0.480 e. The second-order valence-electron chi connectivity index (χ2n) is 8.58. The summed E-state index contributed by atoms with van der Waals surface area (Å²) in [6.45, 7) is 18.8. The van der Waals surface area contributed by atoms with Crippen LogP contribution in [0.3, 0.4) is 0 Å². The van der Waals surface area contributed by atoms with Crippen molar-refractivity contribution in [2.24, 2.45) is 29.4 Å². The minimum Gasteiger partial charge on any atom is -0.480 e. The number of rotatable bonds is 8. The Hall–Kier alpha value is -2.02. The summed E-state index contributed by atoms with van der Waals surface area (Å²) in [5.74, 6) is 0.178. The number of hydrogen-bond acceptors (Lipinski definition) is 5. The Kier molecular flexibility index (Phi) is 37.0. The zero-order valence-corrected chi connectivity index (χ0v) is 20.6. The van der Waals surface area contributed by atoms with E-state index in [9.17, 15) is 19.2 Å². The standard InChI is InChI=1S/C6H13NO2.C6H10O2.C6H12O.C5H10O.2CH4/c1-4(2)3-5(7)6(8)9;1-5(2)3-4-6(7)8;1-5(2)4-6(3)7;1-4(2)5(3)6;;/h4-5H,3,7H2,1-2H3,(H,8,9);3-5H,1-2H3,(H,7,8);5H,4H2,1-3H3;4H,1-3H3;2*1H4/b;4-3+;;;;. The molecule has 0 bridgehead atoms. The molecule has 7 heteroatoms. The van der Waals surface area contributed by atoms with Gasteiger partial charge >= 0.3 is 11.9 Å². The summed E-state index contributed by atoms with van der Waals surface area (Å²) < 4.78 is 0. The third-order valence-corrected chi connectivity index (χ3v) is 3.17. The Labute approximate surface area is 197 Å². The number of hydrogen-bond donors (Lipinski definition) is 3. The number of Topliss-reactive ketones (excluding diaryl/α,β-unsaturated/α-hetero) is 2. The predicted molar refractivity (Wildman–Crippen MR) is 136 cm³/mol. The molecule has 4 N–H and O–H groups in total. The molecule has 1 unspecified atom stereocenters. The van der Waals surface area contributed by atoms with E-state index >= 15 is 0 Å². The summed E-state index contributed by atoms with van der Waals surface area (Å²) >= 11 is 0. The predicted octanol–water partition coefficient (Wildman–Crippen LogP) is 5.85. The molecule has 0 aromatic heterocycles. The van der Waals surface area contributed by atoms with Gasteiger partial charge in [0.05, 0.1) is 0 Å². The van der Waals surface area contributed by atoms with E-state index in [0.29, 0.717) is 24.2 Å². The van der Waals surface area contributed by atoms with Crippen molar-refractivity contribution in [1.29, 1.82) is 0 Å². The van der Waals surface area contributed by atoms with Gasteiger partial charge in [0.1, 0.15) is 17.6 Å². The molecule has 0 aromatic carbocycles. The van der Waals surface area contributed by atoms with Crippen LogP contribution in [-0.4, -0.2) is 39.8 Å². The second kappa shape index (κ2) is 27.0. The van der Waals surface area contributed by atoms with Crippen LogP contribution in [-0.2, 0) is 19.2 Å². The van der Waals surface area contributed by atoms with Gasteiger partial charge < -0.3 is 20.7 Å². The average Bonchev–Trinajstić information content (AvgIpc) is 2.52. The fourth-order valence-electron chi connectivity index (χ4n) is 1.46. The van der Waals surface area contributed by atoms with Crippen LogP contribution in [0.2, 0.25) is 0 Å². The maximum absolute atomic E-state index is 10.3. The van der Waals surface area contributed by atoms with Crippen LogP contribution >= 0.6 is 0 Å². The van der Waals surface area contributed by atoms with Gasteiger partial charge in [-0.3, -0.25) is 9.59 Å². The molecule has 7 nitrogen and oxygen atoms in total. The van der Waals surface area contributed by atoms with Crippen molar-refractivity contribution in [3.8, 4) is 0 Å². The topological polar surface area (TPSA) is 135 Å². The van der Waals surface area contributed by atoms with Crippen molar-refractivity contribution in [2.75, 3.05) is 0 Å². The first-order valence-corrected chi connectivity index (χ1v) is 10.3. The van der Waals surface area contributed by atoms with Crippen LogP contribution in [0, 0.1) is 23.7 Å². The van der Waals surface area contributed by atoms with Crippen molar-refractivity contribution in [1.82, 2.24) is 0 Å². The van der Waals surface area contributed by atoms with Crippen LogP contribution in [0.1, 0.15) is 96.9 Å². The minimum atomic E-state index is -0.913. The molecule has 0 aliphatic heterocycles. The molecular formula is C25H53NO6. The summed E-state index contributed by atoms with van der Waals surface area (Å²) in [6.07, 6.45) is 4.07. The Morgan fingerprint density at radius 1 is 0.812 bits per heavy atom. The smallest absolute Gasteiger partial charge is 0.327 e. The van der Waals surface area contributed by atoms with E-state index in [1.165, 1.54) is 0 Å². The second-order valence-corrected chi connectivity index (χ2v) is 8.58. The molecule has 32 heavy (non-hydrogen) atoms. The summed E-state index contributed by atoms with van der Waals surface area (Å²) in [7, 11) is 0. The van der Waals surface area contributed by atoms with E-state index in [1.54, 1.807) is 19.9 Å². The van der Waals surface area contributed by atoms with Crippen molar-refractivity contribution >= 4 is 23.5 Å². The first-order valence-electron chi connectivity index (χ1n) is 10.3. The maximum atomic E-state index is 10.3. The molecule has 0 amide bonds. The number of aliphatic carboxylic acids is 2. The normalized spacial score (nSPS) is 10.5. The SMILES string of the molecule is C.C.CC(=O)C(C)C.CC(=O)CC(C)C.CC(C)/C=C/C(=O)O.CC(C)CC(N)C(=O)O. The van der Waals surface area contributed by atoms with Gasteiger partial charge in [-0.1, -0.05) is 76.3 Å². The highest BCUT2D eigenvalue weighted by Gasteiger charge is 2.11. The van der Waals surface area contributed by atoms with Gasteiger partial charge in [0, 0.05) is 18.4 Å². The number of carbonyl (C=O) groups is 4. The number of carbonyl (C=O) groups excluding carboxylic acids is 2. The monoisotopic (exact) mass is 463 g/mol. The van der Waals surface area contributed by atoms with E-state index < -0.39 is 18.0 Å². The lowest BCUT2D eigenvalue weighted by molar-refractivity contribution is -0.139. The van der Waals surface area contributed by atoms with Crippen LogP contribution in [0.5, 0.6) is 0 Å². The fraction of sp³-hybridized carbons (Fsp3) is 0.760. The van der Waals surface area contributed by atoms with Crippen molar-refractivity contribution in [3.05, 3.63) is 12.2 Å². The van der Waals surface area contributed by atoms with E-state index in [2.05, 4.69) is 0 Å². The molecule has 0 aromatic rings. The van der Waals surface area contributed by atoms with Gasteiger partial charge in [0.2, 0.25) is 0 Å². The lowest BCUT2D eigenvalue weighted by Crippen LogP contribution is -2.31. The van der Waals surface area contributed by atoms with Crippen molar-refractivity contribution < 1.29 is 29.4 Å². The summed E-state index contributed by atoms with van der Waals surface area (Å²) in [5.41, 5.74) is 5.22. The van der Waals surface area contributed by atoms with Gasteiger partial charge in [-0.05, 0) is 38.0 Å². The van der Waals surface area contributed by atoms with Crippen LogP contribution < -0.4 is 5.73 Å². The van der Waals surface area contributed by atoms with Gasteiger partial charge in [-0.2, -0.15) is 0 Å². The van der Waals surface area contributed by atoms with E-state index in [-0.39, 0.29) is 32.3 Å². The maximum Gasteiger partial charge on any atom is 0.327 e. The Bertz CT molecular complexity index is 509. The molecule has 0 aliphatic carbocycles. The fourth-order valence-corrected chi connectivity index (χ4v) is 1.46. The van der Waals surface area contributed by atoms with E-state index in [0.717, 1.165) is 12.5 Å². The van der Waals surface area contributed by atoms with Crippen molar-refractivity contribution in [2.45, 2.75) is 103 Å². The molecule has 0 heterocycles. The lowest BCUT2D eigenvalue weighted by Gasteiger charge is -2.07. The minimum absolute atomic E-state index is 0. The third-order valence-electron chi connectivity index (χ3n) is 3.17. The van der Waals surface area contributed by atoms with Crippen LogP contribution in [0.25, 0.3) is 0 Å². The zero-order valence-electron chi connectivity index (χ0n) is 20.6. The van der Waals surface area contributed by atoms with E-state index in [1.807, 2.05) is 55.4 Å². The van der Waals surface area contributed by atoms with Gasteiger partial charge in [0.25, 0.3) is 0 Å². The molecule has 0 saturated heterocycles. The zero-order chi connectivity index (χ0) is 25.0. The highest BCUT2D eigenvalue weighted by molar-refractivity contribution is 5.79. The highest BCUT2D eigenvalue weighted by atomic mass is 16.4. The van der Waals surface area contributed by atoms with Crippen LogP contribution in [0.4, 0.5) is 0 Å². The summed E-state index contributed by atoms with van der Waals surface area (Å²) in [6, 6.07) is -0.690. The van der Waals surface area contributed by atoms with Crippen molar-refractivity contribution in [3.63, 3.8) is 0 Å². The van der Waals surface area contributed by atoms with Gasteiger partial charge in [0.15, 0.2) is 0 Å². The van der Waals surface area contributed by atoms with Gasteiger partial charge in [-0.25, -0.2) is 4.79 Å². The number of carboxylic acid groups (broad SMARTS) is 2. The highest BCUT2D eigenvalue weighted by Crippen LogP contribution is 2.01. The third kappa shape index (κ3) is 56.5. The molecule has 0 radical (unpaired) electrons. The van der Waals surface area contributed by atoms with Crippen LogP contribution in [0.15, 0.2) is 12.2 Å². The number of allylic oxidation sites excluding steroid dienone is 1. The Morgan fingerprint density at radius 3 is 1.25 bits per heavy atom. The number of ketones is 2. The first-order chi connectivity index (χ1) is 13.4. The lowest BCUT2D eigenvalue weighted by atomic mass is 10.1. The Morgan fingerprint density at radius 2 is 1.19 bits per heavy atom. The molecule has 0 aliphatic rings. The average molecular weight is 464 g/mol. The van der Waals surface area contributed by atoms with Gasteiger partial charge in [-0.15, -0.1) is 0 Å². The van der Waals surface area contributed by atoms with E-state index in [4.69, 9.17) is 15.9 Å². The summed E-state index contributed by atoms with van der Waals surface area (Å²) in [4.78, 5) is 40.3. The Balaban J connectivity index is -0.0000000697. The summed E-state index contributed by atoms with van der Waals surface area (Å²) in [5, 5.41) is 16.4. The molecular weight excluding hydrogens is 410 g/mol. The quantitative estimate of drug-likeness (QED) is 0.384. The molecule has 0 rings (SSSR count). The molecule has 0 saturated carbocycles.